The standard InChI is InChI=1S/C24H32N2O2/c1-18(2)28-23-9-5-7-20(15-23)16-25-24(27)22-10-12-26(13-11-22)17-21-8-4-6-19(3)14-21/h4-9,14-15,18,22H,10-13,16-17H2,1-3H3,(H,25,27). The Bertz CT molecular complexity index is 780. The summed E-state index contributed by atoms with van der Waals surface area (Å²) in [5.74, 6) is 1.14. The molecule has 1 saturated heterocycles. The topological polar surface area (TPSA) is 41.6 Å². The molecular formula is C24H32N2O2. The van der Waals surface area contributed by atoms with Crippen LogP contribution in [0, 0.1) is 12.8 Å². The molecule has 0 spiro atoms. The highest BCUT2D eigenvalue weighted by atomic mass is 16.5. The molecule has 0 radical (unpaired) electrons. The van der Waals surface area contributed by atoms with Crippen LogP contribution in [0.4, 0.5) is 0 Å². The third-order valence-electron chi connectivity index (χ3n) is 5.18. The molecule has 28 heavy (non-hydrogen) atoms. The van der Waals surface area contributed by atoms with Gasteiger partial charge in [-0.25, -0.2) is 0 Å². The van der Waals surface area contributed by atoms with Gasteiger partial charge in [0.2, 0.25) is 5.91 Å². The molecule has 2 aromatic carbocycles. The Morgan fingerprint density at radius 3 is 2.54 bits per heavy atom. The highest BCUT2D eigenvalue weighted by molar-refractivity contribution is 5.78. The van der Waals surface area contributed by atoms with Gasteiger partial charge in [0.25, 0.3) is 0 Å². The first kappa shape index (κ1) is 20.4. The first-order valence-electron chi connectivity index (χ1n) is 10.3. The lowest BCUT2D eigenvalue weighted by atomic mass is 9.95. The van der Waals surface area contributed by atoms with Crippen molar-refractivity contribution in [1.82, 2.24) is 10.2 Å². The van der Waals surface area contributed by atoms with Gasteiger partial charge in [-0.2, -0.15) is 0 Å². The Hall–Kier alpha value is -2.33. The van der Waals surface area contributed by atoms with Crippen molar-refractivity contribution in [3.8, 4) is 5.75 Å². The van der Waals surface area contributed by atoms with Crippen LogP contribution in [0.5, 0.6) is 5.75 Å². The number of aryl methyl sites for hydroxylation is 1. The summed E-state index contributed by atoms with van der Waals surface area (Å²) in [5, 5.41) is 3.11. The summed E-state index contributed by atoms with van der Waals surface area (Å²) in [4.78, 5) is 15.0. The Balaban J connectivity index is 1.44. The fraction of sp³-hybridized carbons (Fsp3) is 0.458. The predicted molar refractivity (Wildman–Crippen MR) is 113 cm³/mol. The number of nitrogens with zero attached hydrogens (tertiary/aromatic N) is 1. The SMILES string of the molecule is Cc1cccc(CN2CCC(C(=O)NCc3cccc(OC(C)C)c3)CC2)c1. The van der Waals surface area contributed by atoms with E-state index in [4.69, 9.17) is 4.74 Å². The zero-order chi connectivity index (χ0) is 19.9. The Labute approximate surface area is 168 Å². The minimum Gasteiger partial charge on any atom is -0.491 e. The normalized spacial score (nSPS) is 15.6. The van der Waals surface area contributed by atoms with Crippen LogP contribution >= 0.6 is 0 Å². The van der Waals surface area contributed by atoms with Crippen LogP contribution < -0.4 is 10.1 Å². The van der Waals surface area contributed by atoms with Crippen LogP contribution in [0.2, 0.25) is 0 Å². The number of carbonyl (C=O) groups excluding carboxylic acids is 1. The molecule has 4 nitrogen and oxygen atoms in total. The van der Waals surface area contributed by atoms with Crippen LogP contribution in [-0.2, 0) is 17.9 Å². The van der Waals surface area contributed by atoms with Crippen molar-refractivity contribution < 1.29 is 9.53 Å². The molecule has 1 aliphatic heterocycles. The number of piperidine rings is 1. The van der Waals surface area contributed by atoms with Gasteiger partial charge in [0, 0.05) is 19.0 Å². The van der Waals surface area contributed by atoms with Gasteiger partial charge in [0.15, 0.2) is 0 Å². The van der Waals surface area contributed by atoms with E-state index in [1.807, 2.05) is 38.1 Å². The van der Waals surface area contributed by atoms with Gasteiger partial charge in [0.1, 0.15) is 5.75 Å². The second-order valence-electron chi connectivity index (χ2n) is 8.07. The number of hydrogen-bond acceptors (Lipinski definition) is 3. The summed E-state index contributed by atoms with van der Waals surface area (Å²) in [6.45, 7) is 9.63. The van der Waals surface area contributed by atoms with E-state index in [2.05, 4.69) is 41.4 Å². The lowest BCUT2D eigenvalue weighted by Crippen LogP contribution is -2.40. The van der Waals surface area contributed by atoms with E-state index in [0.717, 1.165) is 43.8 Å². The van der Waals surface area contributed by atoms with E-state index in [-0.39, 0.29) is 17.9 Å². The van der Waals surface area contributed by atoms with E-state index in [9.17, 15) is 4.79 Å². The molecule has 0 atom stereocenters. The smallest absolute Gasteiger partial charge is 0.223 e. The molecule has 1 N–H and O–H groups in total. The first-order chi connectivity index (χ1) is 13.5. The molecule has 3 rings (SSSR count). The third-order valence-corrected chi connectivity index (χ3v) is 5.18. The number of benzene rings is 2. The van der Waals surface area contributed by atoms with Crippen LogP contribution in [0.3, 0.4) is 0 Å². The monoisotopic (exact) mass is 380 g/mol. The van der Waals surface area contributed by atoms with Crippen molar-refractivity contribution in [2.45, 2.75) is 52.8 Å². The molecule has 0 bridgehead atoms. The molecule has 0 saturated carbocycles. The average molecular weight is 381 g/mol. The van der Waals surface area contributed by atoms with Crippen molar-refractivity contribution in [2.24, 2.45) is 5.92 Å². The van der Waals surface area contributed by atoms with Crippen molar-refractivity contribution in [3.05, 3.63) is 65.2 Å². The molecule has 1 fully saturated rings. The third kappa shape index (κ3) is 6.10. The van der Waals surface area contributed by atoms with Crippen LogP contribution in [0.1, 0.15) is 43.4 Å². The summed E-state index contributed by atoms with van der Waals surface area (Å²) in [6, 6.07) is 16.6. The average Bonchev–Trinajstić information content (AvgIpc) is 2.66. The molecule has 1 amide bonds. The number of carbonyl (C=O) groups is 1. The zero-order valence-corrected chi connectivity index (χ0v) is 17.3. The summed E-state index contributed by atoms with van der Waals surface area (Å²) >= 11 is 0. The maximum absolute atomic E-state index is 12.6. The summed E-state index contributed by atoms with van der Waals surface area (Å²) < 4.78 is 5.73. The zero-order valence-electron chi connectivity index (χ0n) is 17.3. The van der Waals surface area contributed by atoms with Crippen LogP contribution in [0.15, 0.2) is 48.5 Å². The minimum atomic E-state index is 0.115. The maximum Gasteiger partial charge on any atom is 0.223 e. The molecule has 0 aromatic heterocycles. The van der Waals surface area contributed by atoms with Gasteiger partial charge in [-0.15, -0.1) is 0 Å². The summed E-state index contributed by atoms with van der Waals surface area (Å²) in [7, 11) is 0. The first-order valence-corrected chi connectivity index (χ1v) is 10.3. The highest BCUT2D eigenvalue weighted by Gasteiger charge is 2.24. The Kier molecular flexibility index (Phi) is 7.10. The van der Waals surface area contributed by atoms with Gasteiger partial charge in [-0.3, -0.25) is 9.69 Å². The van der Waals surface area contributed by atoms with E-state index >= 15 is 0 Å². The molecule has 0 unspecified atom stereocenters. The number of nitrogens with one attached hydrogen (secondary N) is 1. The van der Waals surface area contributed by atoms with E-state index in [1.54, 1.807) is 0 Å². The van der Waals surface area contributed by atoms with Gasteiger partial charge in [-0.05, 0) is 70.0 Å². The lowest BCUT2D eigenvalue weighted by molar-refractivity contribution is -0.126. The van der Waals surface area contributed by atoms with E-state index in [1.165, 1.54) is 11.1 Å². The molecule has 0 aliphatic carbocycles. The number of rotatable bonds is 7. The molecular weight excluding hydrogens is 348 g/mol. The second-order valence-corrected chi connectivity index (χ2v) is 8.07. The summed E-state index contributed by atoms with van der Waals surface area (Å²) in [5.41, 5.74) is 3.73. The maximum atomic E-state index is 12.6. The van der Waals surface area contributed by atoms with Crippen LogP contribution in [0.25, 0.3) is 0 Å². The summed E-state index contributed by atoms with van der Waals surface area (Å²) in [6.07, 6.45) is 2.00. The van der Waals surface area contributed by atoms with E-state index in [0.29, 0.717) is 6.54 Å². The van der Waals surface area contributed by atoms with Crippen molar-refractivity contribution in [2.75, 3.05) is 13.1 Å². The van der Waals surface area contributed by atoms with Gasteiger partial charge in [-0.1, -0.05) is 42.0 Å². The molecule has 1 heterocycles. The fourth-order valence-electron chi connectivity index (χ4n) is 3.76. The number of hydrogen-bond donors (Lipinski definition) is 1. The minimum absolute atomic E-state index is 0.115. The molecule has 1 aliphatic rings. The predicted octanol–water partition coefficient (Wildman–Crippen LogP) is 4.31. The van der Waals surface area contributed by atoms with Gasteiger partial charge >= 0.3 is 0 Å². The van der Waals surface area contributed by atoms with Crippen molar-refractivity contribution in [1.29, 1.82) is 0 Å². The Morgan fingerprint density at radius 1 is 1.11 bits per heavy atom. The lowest BCUT2D eigenvalue weighted by Gasteiger charge is -2.31. The number of amides is 1. The van der Waals surface area contributed by atoms with Crippen molar-refractivity contribution in [3.63, 3.8) is 0 Å². The highest BCUT2D eigenvalue weighted by Crippen LogP contribution is 2.20. The molecule has 150 valence electrons. The Morgan fingerprint density at radius 2 is 1.82 bits per heavy atom. The number of ether oxygens (including phenoxy) is 1. The van der Waals surface area contributed by atoms with Gasteiger partial charge in [0.05, 0.1) is 6.10 Å². The molecule has 4 heteroatoms. The van der Waals surface area contributed by atoms with Crippen molar-refractivity contribution >= 4 is 5.91 Å². The largest absolute Gasteiger partial charge is 0.491 e. The van der Waals surface area contributed by atoms with Gasteiger partial charge < -0.3 is 10.1 Å². The number of likely N-dealkylation sites (tertiary alicyclic amines) is 1. The fourth-order valence-corrected chi connectivity index (χ4v) is 3.76. The quantitative estimate of drug-likeness (QED) is 0.778. The molecule has 2 aromatic rings. The van der Waals surface area contributed by atoms with Crippen LogP contribution in [-0.4, -0.2) is 30.0 Å². The second kappa shape index (κ2) is 9.74. The van der Waals surface area contributed by atoms with E-state index < -0.39 is 0 Å².